The summed E-state index contributed by atoms with van der Waals surface area (Å²) in [5, 5.41) is 2.96. The van der Waals surface area contributed by atoms with E-state index in [4.69, 9.17) is 11.6 Å². The van der Waals surface area contributed by atoms with Gasteiger partial charge in [0.2, 0.25) is 0 Å². The van der Waals surface area contributed by atoms with Crippen LogP contribution in [0.1, 0.15) is 55.2 Å². The van der Waals surface area contributed by atoms with Gasteiger partial charge in [0, 0.05) is 11.3 Å². The number of carbonyl (C=O) groups is 1. The van der Waals surface area contributed by atoms with Crippen LogP contribution in [0.5, 0.6) is 0 Å². The molecule has 0 bridgehead atoms. The highest BCUT2D eigenvalue weighted by Crippen LogP contribution is 2.26. The molecule has 0 heterocycles. The second kappa shape index (κ2) is 9.35. The fourth-order valence-electron chi connectivity index (χ4n) is 3.20. The third-order valence-electron chi connectivity index (χ3n) is 5.13. The minimum absolute atomic E-state index is 0.0378. The van der Waals surface area contributed by atoms with Gasteiger partial charge in [-0.25, -0.2) is 8.42 Å². The first-order valence-corrected chi connectivity index (χ1v) is 12.1. The van der Waals surface area contributed by atoms with Crippen molar-refractivity contribution in [2.24, 2.45) is 0 Å². The predicted molar refractivity (Wildman–Crippen MR) is 130 cm³/mol. The lowest BCUT2D eigenvalue weighted by molar-refractivity contribution is 0.0939. The highest BCUT2D eigenvalue weighted by Gasteiger charge is 2.21. The molecule has 0 aliphatic rings. The molecule has 0 fully saturated rings. The summed E-state index contributed by atoms with van der Waals surface area (Å²) in [5.74, 6) is -0.384. The lowest BCUT2D eigenvalue weighted by atomic mass is 9.86. The Morgan fingerprint density at radius 2 is 1.56 bits per heavy atom. The van der Waals surface area contributed by atoms with E-state index >= 15 is 0 Å². The summed E-state index contributed by atoms with van der Waals surface area (Å²) in [6.07, 6.45) is 0. The van der Waals surface area contributed by atoms with Crippen molar-refractivity contribution in [1.29, 1.82) is 0 Å². The lowest BCUT2D eigenvalue weighted by Gasteiger charge is -2.21. The average Bonchev–Trinajstić information content (AvgIpc) is 2.73. The first-order valence-electron chi connectivity index (χ1n) is 10.3. The van der Waals surface area contributed by atoms with E-state index in [1.54, 1.807) is 30.3 Å². The molecule has 0 aliphatic heterocycles. The molecule has 2 N–H and O–H groups in total. The second-order valence-corrected chi connectivity index (χ2v) is 10.7. The van der Waals surface area contributed by atoms with Crippen LogP contribution >= 0.6 is 11.6 Å². The van der Waals surface area contributed by atoms with Crippen LogP contribution in [0.15, 0.2) is 77.7 Å². The molecular formula is C25H27ClN2O3S. The van der Waals surface area contributed by atoms with Crippen LogP contribution in [0.2, 0.25) is 5.02 Å². The van der Waals surface area contributed by atoms with Crippen LogP contribution in [0, 0.1) is 0 Å². The van der Waals surface area contributed by atoms with Gasteiger partial charge in [0.15, 0.2) is 0 Å². The van der Waals surface area contributed by atoms with Gasteiger partial charge in [0.25, 0.3) is 15.9 Å². The number of hydrogen-bond acceptors (Lipinski definition) is 3. The number of nitrogens with one attached hydrogen (secondary N) is 2. The number of benzene rings is 3. The van der Waals surface area contributed by atoms with Crippen molar-refractivity contribution in [2.75, 3.05) is 4.72 Å². The van der Waals surface area contributed by atoms with Crippen molar-refractivity contribution in [1.82, 2.24) is 5.32 Å². The number of rotatable bonds is 6. The van der Waals surface area contributed by atoms with E-state index in [1.807, 2.05) is 19.1 Å². The molecule has 3 aromatic rings. The SMILES string of the molecule is CC(NC(=O)c1ccc(Cl)c(S(=O)(=O)Nc2ccccc2)c1)c1ccc(C(C)(C)C)cc1. The molecule has 1 amide bonds. The molecule has 3 aromatic carbocycles. The van der Waals surface area contributed by atoms with Crippen molar-refractivity contribution >= 4 is 33.2 Å². The Labute approximate surface area is 194 Å². The Balaban J connectivity index is 1.79. The zero-order valence-corrected chi connectivity index (χ0v) is 20.1. The third kappa shape index (κ3) is 5.69. The smallest absolute Gasteiger partial charge is 0.263 e. The van der Waals surface area contributed by atoms with Crippen molar-refractivity contribution in [3.8, 4) is 0 Å². The number of sulfonamides is 1. The molecule has 5 nitrogen and oxygen atoms in total. The normalized spacial score (nSPS) is 12.8. The zero-order chi connectivity index (χ0) is 23.5. The molecule has 0 radical (unpaired) electrons. The number of amides is 1. The second-order valence-electron chi connectivity index (χ2n) is 8.68. The third-order valence-corrected chi connectivity index (χ3v) is 7.00. The quantitative estimate of drug-likeness (QED) is 0.468. The average molecular weight is 471 g/mol. The van der Waals surface area contributed by atoms with Crippen LogP contribution in [0.25, 0.3) is 0 Å². The summed E-state index contributed by atoms with van der Waals surface area (Å²) >= 11 is 6.15. The van der Waals surface area contributed by atoms with E-state index in [0.29, 0.717) is 5.69 Å². The lowest BCUT2D eigenvalue weighted by Crippen LogP contribution is -2.27. The number of halogens is 1. The van der Waals surface area contributed by atoms with Gasteiger partial charge in [0.05, 0.1) is 11.1 Å². The fourth-order valence-corrected chi connectivity index (χ4v) is 4.79. The minimum Gasteiger partial charge on any atom is -0.346 e. The van der Waals surface area contributed by atoms with E-state index in [2.05, 4.69) is 42.9 Å². The minimum atomic E-state index is -3.96. The van der Waals surface area contributed by atoms with Crippen molar-refractivity contribution in [2.45, 2.75) is 44.0 Å². The van der Waals surface area contributed by atoms with Crippen molar-refractivity contribution in [3.05, 3.63) is 94.5 Å². The van der Waals surface area contributed by atoms with E-state index < -0.39 is 10.0 Å². The van der Waals surface area contributed by atoms with Gasteiger partial charge in [-0.3, -0.25) is 9.52 Å². The highest BCUT2D eigenvalue weighted by molar-refractivity contribution is 7.92. The largest absolute Gasteiger partial charge is 0.346 e. The van der Waals surface area contributed by atoms with Crippen LogP contribution in [0.3, 0.4) is 0 Å². The predicted octanol–water partition coefficient (Wildman–Crippen LogP) is 5.93. The molecule has 32 heavy (non-hydrogen) atoms. The molecule has 0 aliphatic carbocycles. The van der Waals surface area contributed by atoms with Gasteiger partial charge >= 0.3 is 0 Å². The van der Waals surface area contributed by atoms with Gasteiger partial charge < -0.3 is 5.32 Å². The first kappa shape index (κ1) is 23.8. The number of para-hydroxylation sites is 1. The van der Waals surface area contributed by atoms with Crippen LogP contribution in [-0.4, -0.2) is 14.3 Å². The number of hydrogen-bond donors (Lipinski definition) is 2. The molecule has 1 unspecified atom stereocenters. The van der Waals surface area contributed by atoms with Crippen molar-refractivity contribution < 1.29 is 13.2 Å². The van der Waals surface area contributed by atoms with E-state index in [1.165, 1.54) is 23.8 Å². The summed E-state index contributed by atoms with van der Waals surface area (Å²) < 4.78 is 28.1. The highest BCUT2D eigenvalue weighted by atomic mass is 35.5. The standard InChI is InChI=1S/C25H27ClN2O3S/c1-17(18-10-13-20(14-11-18)25(2,3)4)27-24(29)19-12-15-22(26)23(16-19)32(30,31)28-21-8-6-5-7-9-21/h5-17,28H,1-4H3,(H,27,29). The van der Waals surface area contributed by atoms with Gasteiger partial charge in [-0.05, 0) is 53.8 Å². The molecule has 168 valence electrons. The molecule has 1 atom stereocenters. The fraction of sp³-hybridized carbons (Fsp3) is 0.240. The zero-order valence-electron chi connectivity index (χ0n) is 18.5. The molecule has 7 heteroatoms. The Morgan fingerprint density at radius 1 is 0.938 bits per heavy atom. The summed E-state index contributed by atoms with van der Waals surface area (Å²) in [6.45, 7) is 8.32. The monoisotopic (exact) mass is 470 g/mol. The van der Waals surface area contributed by atoms with E-state index in [-0.39, 0.29) is 32.8 Å². The Bertz CT molecular complexity index is 1200. The Morgan fingerprint density at radius 3 is 2.16 bits per heavy atom. The van der Waals surface area contributed by atoms with Crippen LogP contribution in [-0.2, 0) is 15.4 Å². The van der Waals surface area contributed by atoms with Gasteiger partial charge in [-0.2, -0.15) is 0 Å². The molecule has 0 saturated carbocycles. The summed E-state index contributed by atoms with van der Waals surface area (Å²) in [6, 6.07) is 20.6. The van der Waals surface area contributed by atoms with Gasteiger partial charge in [0.1, 0.15) is 4.90 Å². The Hall–Kier alpha value is -2.83. The first-order chi connectivity index (χ1) is 15.0. The van der Waals surface area contributed by atoms with Gasteiger partial charge in [-0.15, -0.1) is 0 Å². The maximum absolute atomic E-state index is 12.8. The molecule has 0 spiro atoms. The van der Waals surface area contributed by atoms with Crippen molar-refractivity contribution in [3.63, 3.8) is 0 Å². The van der Waals surface area contributed by atoms with E-state index in [0.717, 1.165) is 5.56 Å². The molecule has 0 aromatic heterocycles. The van der Waals surface area contributed by atoms with Gasteiger partial charge in [-0.1, -0.05) is 74.8 Å². The summed E-state index contributed by atoms with van der Waals surface area (Å²) in [4.78, 5) is 12.7. The summed E-state index contributed by atoms with van der Waals surface area (Å²) in [7, 11) is -3.96. The maximum atomic E-state index is 12.8. The van der Waals surface area contributed by atoms with Crippen LogP contribution in [0.4, 0.5) is 5.69 Å². The number of anilines is 1. The topological polar surface area (TPSA) is 75.3 Å². The number of carbonyl (C=O) groups excluding carboxylic acids is 1. The molecular weight excluding hydrogens is 444 g/mol. The Kier molecular flexibility index (Phi) is 6.96. The molecule has 0 saturated heterocycles. The van der Waals surface area contributed by atoms with Crippen LogP contribution < -0.4 is 10.0 Å². The maximum Gasteiger partial charge on any atom is 0.263 e. The van der Waals surface area contributed by atoms with E-state index in [9.17, 15) is 13.2 Å². The molecule has 3 rings (SSSR count). The summed E-state index contributed by atoms with van der Waals surface area (Å²) in [5.41, 5.74) is 2.83.